The Hall–Kier alpha value is -2.96. The van der Waals surface area contributed by atoms with E-state index in [-0.39, 0.29) is 11.6 Å². The standard InChI is InChI=1S/C13H11N5O2/c1-8-14-13(17-16-8)15-12(19)10-7-11(20-18-10)9-5-3-2-4-6-9/h2-7H,1H3,(H2,14,15,16,17,19). The summed E-state index contributed by atoms with van der Waals surface area (Å²) in [5.74, 6) is 0.930. The molecule has 2 heterocycles. The molecule has 0 saturated carbocycles. The Morgan fingerprint density at radius 2 is 2.10 bits per heavy atom. The molecule has 0 unspecified atom stereocenters. The third-order valence-corrected chi connectivity index (χ3v) is 2.62. The maximum Gasteiger partial charge on any atom is 0.280 e. The van der Waals surface area contributed by atoms with Gasteiger partial charge in [-0.3, -0.25) is 15.2 Å². The summed E-state index contributed by atoms with van der Waals surface area (Å²) in [6.07, 6.45) is 0. The molecule has 2 aromatic heterocycles. The number of rotatable bonds is 3. The lowest BCUT2D eigenvalue weighted by Crippen LogP contribution is -2.13. The average Bonchev–Trinajstić information content (AvgIpc) is 3.09. The molecule has 20 heavy (non-hydrogen) atoms. The lowest BCUT2D eigenvalue weighted by atomic mass is 10.1. The van der Waals surface area contributed by atoms with Crippen LogP contribution in [-0.4, -0.2) is 26.2 Å². The summed E-state index contributed by atoms with van der Waals surface area (Å²) in [7, 11) is 0. The van der Waals surface area contributed by atoms with E-state index in [1.165, 1.54) is 0 Å². The van der Waals surface area contributed by atoms with Gasteiger partial charge in [-0.2, -0.15) is 4.98 Å². The van der Waals surface area contributed by atoms with E-state index in [9.17, 15) is 4.79 Å². The molecule has 0 aliphatic heterocycles. The van der Waals surface area contributed by atoms with Crippen LogP contribution in [0.25, 0.3) is 11.3 Å². The van der Waals surface area contributed by atoms with Crippen LogP contribution in [0.3, 0.4) is 0 Å². The first kappa shape index (κ1) is 12.1. The molecule has 1 amide bonds. The lowest BCUT2D eigenvalue weighted by molar-refractivity contribution is 0.101. The summed E-state index contributed by atoms with van der Waals surface area (Å²) in [6, 6.07) is 11.0. The molecule has 0 atom stereocenters. The molecule has 0 aliphatic carbocycles. The highest BCUT2D eigenvalue weighted by Gasteiger charge is 2.15. The van der Waals surface area contributed by atoms with Crippen molar-refractivity contribution in [2.75, 3.05) is 5.32 Å². The minimum Gasteiger partial charge on any atom is -0.355 e. The van der Waals surface area contributed by atoms with Crippen LogP contribution in [0.4, 0.5) is 5.95 Å². The fraction of sp³-hybridized carbons (Fsp3) is 0.0769. The van der Waals surface area contributed by atoms with Gasteiger partial charge in [0.25, 0.3) is 5.91 Å². The van der Waals surface area contributed by atoms with Gasteiger partial charge >= 0.3 is 0 Å². The number of anilines is 1. The second-order valence-corrected chi connectivity index (χ2v) is 4.14. The molecule has 1 aromatic carbocycles. The summed E-state index contributed by atoms with van der Waals surface area (Å²) < 4.78 is 5.16. The third kappa shape index (κ3) is 2.41. The Kier molecular flexibility index (Phi) is 3.00. The number of carbonyl (C=O) groups is 1. The lowest BCUT2D eigenvalue weighted by Gasteiger charge is -1.94. The summed E-state index contributed by atoms with van der Waals surface area (Å²) >= 11 is 0. The molecule has 2 N–H and O–H groups in total. The third-order valence-electron chi connectivity index (χ3n) is 2.62. The van der Waals surface area contributed by atoms with Gasteiger partial charge in [-0.15, -0.1) is 5.10 Å². The van der Waals surface area contributed by atoms with Crippen molar-refractivity contribution in [1.29, 1.82) is 0 Å². The molecule has 0 spiro atoms. The normalized spacial score (nSPS) is 10.4. The minimum absolute atomic E-state index is 0.173. The first-order chi connectivity index (χ1) is 9.72. The zero-order chi connectivity index (χ0) is 13.9. The number of amides is 1. The number of benzene rings is 1. The second-order valence-electron chi connectivity index (χ2n) is 4.14. The van der Waals surface area contributed by atoms with Gasteiger partial charge in [0.15, 0.2) is 11.5 Å². The van der Waals surface area contributed by atoms with E-state index in [4.69, 9.17) is 4.52 Å². The number of hydrogen-bond donors (Lipinski definition) is 2. The molecule has 0 saturated heterocycles. The van der Waals surface area contributed by atoms with E-state index in [1.54, 1.807) is 13.0 Å². The first-order valence-electron chi connectivity index (χ1n) is 5.95. The van der Waals surface area contributed by atoms with Gasteiger partial charge < -0.3 is 4.52 Å². The number of aromatic nitrogens is 4. The van der Waals surface area contributed by atoms with Crippen molar-refractivity contribution in [3.63, 3.8) is 0 Å². The van der Waals surface area contributed by atoms with Crippen LogP contribution >= 0.6 is 0 Å². The highest BCUT2D eigenvalue weighted by atomic mass is 16.5. The minimum atomic E-state index is -0.421. The molecule has 7 heteroatoms. The maximum absolute atomic E-state index is 11.9. The van der Waals surface area contributed by atoms with Crippen LogP contribution in [-0.2, 0) is 0 Å². The van der Waals surface area contributed by atoms with Crippen molar-refractivity contribution in [2.24, 2.45) is 0 Å². The molecule has 100 valence electrons. The van der Waals surface area contributed by atoms with Gasteiger partial charge in [-0.25, -0.2) is 0 Å². The maximum atomic E-state index is 11.9. The molecular weight excluding hydrogens is 258 g/mol. The summed E-state index contributed by atoms with van der Waals surface area (Å²) in [5.41, 5.74) is 1.03. The van der Waals surface area contributed by atoms with Crippen LogP contribution in [0.5, 0.6) is 0 Å². The Morgan fingerprint density at radius 1 is 1.30 bits per heavy atom. The van der Waals surface area contributed by atoms with Crippen LogP contribution in [0.2, 0.25) is 0 Å². The number of nitrogens with zero attached hydrogens (tertiary/aromatic N) is 3. The van der Waals surface area contributed by atoms with Crippen molar-refractivity contribution in [1.82, 2.24) is 20.3 Å². The van der Waals surface area contributed by atoms with Crippen LogP contribution in [0.1, 0.15) is 16.3 Å². The number of carbonyl (C=O) groups excluding carboxylic acids is 1. The van der Waals surface area contributed by atoms with Crippen molar-refractivity contribution in [2.45, 2.75) is 6.92 Å². The molecule has 3 aromatic rings. The van der Waals surface area contributed by atoms with Crippen LogP contribution < -0.4 is 5.32 Å². The molecule has 0 aliphatic rings. The molecule has 0 fully saturated rings. The zero-order valence-corrected chi connectivity index (χ0v) is 10.6. The Balaban J connectivity index is 1.78. The molecule has 3 rings (SSSR count). The highest BCUT2D eigenvalue weighted by molar-refractivity contribution is 6.02. The van der Waals surface area contributed by atoms with E-state index >= 15 is 0 Å². The summed E-state index contributed by atoms with van der Waals surface area (Å²) in [4.78, 5) is 15.9. The van der Waals surface area contributed by atoms with Crippen molar-refractivity contribution in [3.05, 3.63) is 47.9 Å². The van der Waals surface area contributed by atoms with Gasteiger partial charge in [0.1, 0.15) is 5.82 Å². The van der Waals surface area contributed by atoms with Gasteiger partial charge in [-0.1, -0.05) is 35.5 Å². The fourth-order valence-electron chi connectivity index (χ4n) is 1.68. The van der Waals surface area contributed by atoms with E-state index in [0.717, 1.165) is 5.56 Å². The highest BCUT2D eigenvalue weighted by Crippen LogP contribution is 2.19. The molecule has 0 radical (unpaired) electrons. The smallest absolute Gasteiger partial charge is 0.280 e. The van der Waals surface area contributed by atoms with Gasteiger partial charge in [-0.05, 0) is 6.92 Å². The summed E-state index contributed by atoms with van der Waals surface area (Å²) in [5, 5.41) is 12.7. The Bertz CT molecular complexity index is 732. The van der Waals surface area contributed by atoms with Crippen molar-refractivity contribution >= 4 is 11.9 Å². The Labute approximate surface area is 114 Å². The monoisotopic (exact) mass is 269 g/mol. The van der Waals surface area contributed by atoms with E-state index < -0.39 is 5.91 Å². The molecular formula is C13H11N5O2. The average molecular weight is 269 g/mol. The number of nitrogens with one attached hydrogen (secondary N) is 2. The van der Waals surface area contributed by atoms with Gasteiger partial charge in [0.2, 0.25) is 5.95 Å². The number of H-pyrrole nitrogens is 1. The number of hydrogen-bond acceptors (Lipinski definition) is 5. The second kappa shape index (κ2) is 4.96. The first-order valence-corrected chi connectivity index (χ1v) is 5.95. The van der Waals surface area contributed by atoms with E-state index in [2.05, 4.69) is 25.7 Å². The SMILES string of the molecule is Cc1nc(NC(=O)c2cc(-c3ccccc3)on2)n[nH]1. The van der Waals surface area contributed by atoms with E-state index in [0.29, 0.717) is 11.6 Å². The topological polar surface area (TPSA) is 96.7 Å². The quantitative estimate of drug-likeness (QED) is 0.758. The van der Waals surface area contributed by atoms with Crippen molar-refractivity contribution < 1.29 is 9.32 Å². The van der Waals surface area contributed by atoms with Crippen LogP contribution in [0.15, 0.2) is 40.9 Å². The van der Waals surface area contributed by atoms with E-state index in [1.807, 2.05) is 30.3 Å². The number of aryl methyl sites for hydroxylation is 1. The molecule has 0 bridgehead atoms. The van der Waals surface area contributed by atoms with Gasteiger partial charge in [0, 0.05) is 11.6 Å². The zero-order valence-electron chi connectivity index (χ0n) is 10.6. The fourth-order valence-corrected chi connectivity index (χ4v) is 1.68. The predicted octanol–water partition coefficient (Wildman–Crippen LogP) is 2.02. The van der Waals surface area contributed by atoms with Crippen LogP contribution in [0, 0.1) is 6.92 Å². The summed E-state index contributed by atoms with van der Waals surface area (Å²) in [6.45, 7) is 1.74. The number of aromatic amines is 1. The largest absolute Gasteiger partial charge is 0.355 e. The molecule has 7 nitrogen and oxygen atoms in total. The van der Waals surface area contributed by atoms with Gasteiger partial charge in [0.05, 0.1) is 0 Å². The van der Waals surface area contributed by atoms with Crippen molar-refractivity contribution in [3.8, 4) is 11.3 Å². The predicted molar refractivity (Wildman–Crippen MR) is 71.0 cm³/mol. The Morgan fingerprint density at radius 3 is 2.80 bits per heavy atom.